The summed E-state index contributed by atoms with van der Waals surface area (Å²) >= 11 is 0. The van der Waals surface area contributed by atoms with E-state index in [1.807, 2.05) is 0 Å². The smallest absolute Gasteiger partial charge is 0.252 e. The van der Waals surface area contributed by atoms with E-state index in [1.165, 1.54) is 13.3 Å². The van der Waals surface area contributed by atoms with Crippen molar-refractivity contribution in [2.45, 2.75) is 0 Å². The van der Waals surface area contributed by atoms with Crippen LogP contribution in [0.1, 0.15) is 10.4 Å². The molecule has 64 valence electrons. The number of nitrogens with zero attached hydrogens (tertiary/aromatic N) is 1. The second-order valence-corrected chi connectivity index (χ2v) is 2.19. The van der Waals surface area contributed by atoms with Gasteiger partial charge in [0, 0.05) is 13.2 Å². The molecule has 0 aliphatic heterocycles. The van der Waals surface area contributed by atoms with Gasteiger partial charge in [0.25, 0.3) is 5.91 Å². The second-order valence-electron chi connectivity index (χ2n) is 2.19. The van der Waals surface area contributed by atoms with Crippen molar-refractivity contribution in [1.29, 1.82) is 0 Å². The summed E-state index contributed by atoms with van der Waals surface area (Å²) in [5.74, 6) is 0.414. The number of nitrogens with one attached hydrogen (secondary N) is 1. The SMILES string of the molecule is CNC(=O)c1cncc(OC)c1. The van der Waals surface area contributed by atoms with E-state index in [0.29, 0.717) is 11.3 Å². The second kappa shape index (κ2) is 3.71. The maximum absolute atomic E-state index is 11.1. The van der Waals surface area contributed by atoms with Crippen LogP contribution in [0.25, 0.3) is 0 Å². The summed E-state index contributed by atoms with van der Waals surface area (Å²) in [7, 11) is 3.10. The summed E-state index contributed by atoms with van der Waals surface area (Å²) in [6, 6.07) is 1.63. The molecule has 0 atom stereocenters. The van der Waals surface area contributed by atoms with Crippen LogP contribution in [-0.4, -0.2) is 25.0 Å². The molecule has 0 bridgehead atoms. The van der Waals surface area contributed by atoms with E-state index in [9.17, 15) is 4.79 Å². The van der Waals surface area contributed by atoms with Crippen LogP contribution in [0, 0.1) is 0 Å². The highest BCUT2D eigenvalue weighted by Gasteiger charge is 2.03. The van der Waals surface area contributed by atoms with E-state index in [1.54, 1.807) is 19.3 Å². The van der Waals surface area contributed by atoms with Crippen molar-refractivity contribution < 1.29 is 9.53 Å². The topological polar surface area (TPSA) is 51.2 Å². The summed E-state index contributed by atoms with van der Waals surface area (Å²) in [5.41, 5.74) is 0.497. The number of carbonyl (C=O) groups is 1. The van der Waals surface area contributed by atoms with Gasteiger partial charge < -0.3 is 10.1 Å². The van der Waals surface area contributed by atoms with Gasteiger partial charge in [-0.2, -0.15) is 0 Å². The van der Waals surface area contributed by atoms with Crippen molar-refractivity contribution in [2.24, 2.45) is 0 Å². The van der Waals surface area contributed by atoms with Crippen molar-refractivity contribution in [3.05, 3.63) is 24.0 Å². The van der Waals surface area contributed by atoms with E-state index >= 15 is 0 Å². The molecule has 0 fully saturated rings. The summed E-state index contributed by atoms with van der Waals surface area (Å²) < 4.78 is 4.91. The first-order chi connectivity index (χ1) is 5.77. The van der Waals surface area contributed by atoms with Crippen molar-refractivity contribution in [2.75, 3.05) is 14.2 Å². The van der Waals surface area contributed by atoms with Crippen LogP contribution in [0.4, 0.5) is 0 Å². The molecule has 1 N–H and O–H groups in total. The molecule has 0 saturated carbocycles. The van der Waals surface area contributed by atoms with Crippen LogP contribution in [0.3, 0.4) is 0 Å². The number of pyridine rings is 1. The van der Waals surface area contributed by atoms with Gasteiger partial charge in [0.15, 0.2) is 0 Å². The zero-order valence-corrected chi connectivity index (χ0v) is 7.00. The molecule has 4 nitrogen and oxygen atoms in total. The summed E-state index contributed by atoms with van der Waals surface area (Å²) in [6.07, 6.45) is 3.04. The fourth-order valence-corrected chi connectivity index (χ4v) is 0.799. The van der Waals surface area contributed by atoms with Crippen molar-refractivity contribution in [3.63, 3.8) is 0 Å². The van der Waals surface area contributed by atoms with Gasteiger partial charge in [-0.1, -0.05) is 0 Å². The third-order valence-electron chi connectivity index (χ3n) is 1.44. The number of ether oxygens (including phenoxy) is 1. The summed E-state index contributed by atoms with van der Waals surface area (Å²) in [4.78, 5) is 14.9. The molecule has 0 spiro atoms. The zero-order chi connectivity index (χ0) is 8.97. The highest BCUT2D eigenvalue weighted by Crippen LogP contribution is 2.09. The average Bonchev–Trinajstić information content (AvgIpc) is 2.17. The third kappa shape index (κ3) is 1.72. The average molecular weight is 166 g/mol. The minimum atomic E-state index is -0.165. The Morgan fingerprint density at radius 1 is 1.58 bits per heavy atom. The highest BCUT2D eigenvalue weighted by atomic mass is 16.5. The number of hydrogen-bond donors (Lipinski definition) is 1. The van der Waals surface area contributed by atoms with Crippen molar-refractivity contribution >= 4 is 5.91 Å². The Balaban J connectivity index is 2.93. The van der Waals surface area contributed by atoms with Gasteiger partial charge >= 0.3 is 0 Å². The molecule has 1 rings (SSSR count). The fourth-order valence-electron chi connectivity index (χ4n) is 0.799. The minimum absolute atomic E-state index is 0.165. The number of rotatable bonds is 2. The molecule has 0 aliphatic rings. The zero-order valence-electron chi connectivity index (χ0n) is 7.00. The molecule has 1 heterocycles. The van der Waals surface area contributed by atoms with Gasteiger partial charge in [0.05, 0.1) is 18.9 Å². The van der Waals surface area contributed by atoms with Gasteiger partial charge in [-0.3, -0.25) is 9.78 Å². The maximum atomic E-state index is 11.1. The fraction of sp³-hybridized carbons (Fsp3) is 0.250. The molecular formula is C8H10N2O2. The van der Waals surface area contributed by atoms with E-state index in [-0.39, 0.29) is 5.91 Å². The van der Waals surface area contributed by atoms with Gasteiger partial charge in [0.1, 0.15) is 5.75 Å². The number of amides is 1. The van der Waals surface area contributed by atoms with Gasteiger partial charge in [0.2, 0.25) is 0 Å². The first-order valence-electron chi connectivity index (χ1n) is 3.49. The van der Waals surface area contributed by atoms with E-state index in [2.05, 4.69) is 10.3 Å². The molecule has 4 heteroatoms. The lowest BCUT2D eigenvalue weighted by Gasteiger charge is -2.01. The molecular weight excluding hydrogens is 156 g/mol. The predicted octanol–water partition coefficient (Wildman–Crippen LogP) is 0.450. The Hall–Kier alpha value is -1.58. The quantitative estimate of drug-likeness (QED) is 0.694. The lowest BCUT2D eigenvalue weighted by Crippen LogP contribution is -2.17. The molecule has 1 aromatic rings. The molecule has 0 aliphatic carbocycles. The first-order valence-corrected chi connectivity index (χ1v) is 3.49. The molecule has 12 heavy (non-hydrogen) atoms. The number of aromatic nitrogens is 1. The van der Waals surface area contributed by atoms with E-state index < -0.39 is 0 Å². The summed E-state index contributed by atoms with van der Waals surface area (Å²) in [6.45, 7) is 0. The maximum Gasteiger partial charge on any atom is 0.252 e. The van der Waals surface area contributed by atoms with E-state index in [4.69, 9.17) is 4.74 Å². The lowest BCUT2D eigenvalue weighted by molar-refractivity contribution is 0.0962. The first kappa shape index (κ1) is 8.52. The standard InChI is InChI=1S/C8H10N2O2/c1-9-8(11)6-3-7(12-2)5-10-4-6/h3-5H,1-2H3,(H,9,11). The number of carbonyl (C=O) groups excluding carboxylic acids is 1. The molecule has 0 unspecified atom stereocenters. The number of methoxy groups -OCH3 is 1. The molecule has 1 aromatic heterocycles. The van der Waals surface area contributed by atoms with E-state index in [0.717, 1.165) is 0 Å². The van der Waals surface area contributed by atoms with Crippen LogP contribution in [0.5, 0.6) is 5.75 Å². The Labute approximate surface area is 70.6 Å². The van der Waals surface area contributed by atoms with Crippen LogP contribution in [0.2, 0.25) is 0 Å². The van der Waals surface area contributed by atoms with Crippen molar-refractivity contribution in [3.8, 4) is 5.75 Å². The summed E-state index contributed by atoms with van der Waals surface area (Å²) in [5, 5.41) is 2.50. The van der Waals surface area contributed by atoms with Gasteiger partial charge in [-0.25, -0.2) is 0 Å². The van der Waals surface area contributed by atoms with Gasteiger partial charge in [-0.15, -0.1) is 0 Å². The van der Waals surface area contributed by atoms with Crippen LogP contribution < -0.4 is 10.1 Å². The van der Waals surface area contributed by atoms with Crippen molar-refractivity contribution in [1.82, 2.24) is 10.3 Å². The highest BCUT2D eigenvalue weighted by molar-refractivity contribution is 5.93. The molecule has 1 amide bonds. The lowest BCUT2D eigenvalue weighted by atomic mass is 10.2. The molecule has 0 radical (unpaired) electrons. The normalized spacial score (nSPS) is 9.17. The van der Waals surface area contributed by atoms with Crippen LogP contribution in [-0.2, 0) is 0 Å². The van der Waals surface area contributed by atoms with Crippen LogP contribution in [0.15, 0.2) is 18.5 Å². The van der Waals surface area contributed by atoms with Crippen LogP contribution >= 0.6 is 0 Å². The van der Waals surface area contributed by atoms with Gasteiger partial charge in [-0.05, 0) is 6.07 Å². The Bertz CT molecular complexity index is 286. The Morgan fingerprint density at radius 3 is 2.92 bits per heavy atom. The molecule has 0 saturated heterocycles. The Morgan fingerprint density at radius 2 is 2.33 bits per heavy atom. The minimum Gasteiger partial charge on any atom is -0.495 e. The largest absolute Gasteiger partial charge is 0.495 e. The predicted molar refractivity (Wildman–Crippen MR) is 44.2 cm³/mol. The third-order valence-corrected chi connectivity index (χ3v) is 1.44. The number of hydrogen-bond acceptors (Lipinski definition) is 3. The Kier molecular flexibility index (Phi) is 2.63. The monoisotopic (exact) mass is 166 g/mol. The molecule has 0 aromatic carbocycles.